The van der Waals surface area contributed by atoms with E-state index in [1.54, 1.807) is 19.1 Å². The number of primary sulfonamides is 1. The smallest absolute Gasteiger partial charge is 0.241 e. The lowest BCUT2D eigenvalue weighted by Gasteiger charge is -2.08. The molecule has 0 amide bonds. The number of hydrogen-bond donors (Lipinski definition) is 2. The fraction of sp³-hybridized carbons (Fsp3) is 0.100. The first-order valence-corrected chi connectivity index (χ1v) is 6.96. The van der Waals surface area contributed by atoms with Crippen LogP contribution in [0.3, 0.4) is 0 Å². The molecule has 0 aliphatic heterocycles. The number of pyridine rings is 1. The quantitative estimate of drug-likeness (QED) is 0.836. The van der Waals surface area contributed by atoms with E-state index in [1.807, 2.05) is 0 Å². The van der Waals surface area contributed by atoms with Gasteiger partial charge < -0.3 is 5.11 Å². The van der Waals surface area contributed by atoms with Gasteiger partial charge in [0.05, 0.1) is 0 Å². The van der Waals surface area contributed by atoms with Crippen molar-refractivity contribution < 1.29 is 13.5 Å². The van der Waals surface area contributed by atoms with Gasteiger partial charge in [-0.2, -0.15) is 0 Å². The number of sulfonamides is 1. The molecule has 90 valence electrons. The Bertz CT molecular complexity index is 713. The number of nitrogens with zero attached hydrogens (tertiary/aromatic N) is 1. The summed E-state index contributed by atoms with van der Waals surface area (Å²) in [6.45, 7) is 1.75. The van der Waals surface area contributed by atoms with Gasteiger partial charge in [0, 0.05) is 15.6 Å². The summed E-state index contributed by atoms with van der Waals surface area (Å²) < 4.78 is 23.1. The number of halogens is 1. The first-order chi connectivity index (χ1) is 7.80. The Labute approximate surface area is 106 Å². The van der Waals surface area contributed by atoms with Crippen LogP contribution in [0.5, 0.6) is 5.75 Å². The molecule has 0 unspecified atom stereocenters. The molecule has 0 radical (unpaired) electrons. The summed E-state index contributed by atoms with van der Waals surface area (Å²) in [6, 6.07) is 4.78. The summed E-state index contributed by atoms with van der Waals surface area (Å²) in [7, 11) is -3.98. The van der Waals surface area contributed by atoms with Crippen molar-refractivity contribution in [1.29, 1.82) is 0 Å². The molecule has 0 atom stereocenters. The van der Waals surface area contributed by atoms with E-state index in [1.165, 1.54) is 6.07 Å². The van der Waals surface area contributed by atoms with Gasteiger partial charge in [-0.1, -0.05) is 15.9 Å². The number of benzene rings is 1. The SMILES string of the molecule is Cc1ccc2c(Br)cc(S(N)(=O)=O)c(O)c2n1. The predicted molar refractivity (Wildman–Crippen MR) is 67.2 cm³/mol. The van der Waals surface area contributed by atoms with Crippen LogP contribution in [0.2, 0.25) is 0 Å². The van der Waals surface area contributed by atoms with E-state index in [4.69, 9.17) is 5.14 Å². The molecule has 0 saturated carbocycles. The van der Waals surface area contributed by atoms with Gasteiger partial charge in [-0.15, -0.1) is 0 Å². The van der Waals surface area contributed by atoms with Crippen LogP contribution in [0.25, 0.3) is 10.9 Å². The van der Waals surface area contributed by atoms with Crippen molar-refractivity contribution in [3.63, 3.8) is 0 Å². The predicted octanol–water partition coefficient (Wildman–Crippen LogP) is 1.66. The summed E-state index contributed by atoms with van der Waals surface area (Å²) in [4.78, 5) is 3.77. The van der Waals surface area contributed by atoms with Gasteiger partial charge in [-0.05, 0) is 25.1 Å². The maximum absolute atomic E-state index is 11.3. The number of phenolic OH excluding ortho intramolecular Hbond substituents is 1. The molecule has 5 nitrogen and oxygen atoms in total. The van der Waals surface area contributed by atoms with Gasteiger partial charge in [0.2, 0.25) is 10.0 Å². The molecule has 0 spiro atoms. The van der Waals surface area contributed by atoms with Crippen LogP contribution in [0.15, 0.2) is 27.6 Å². The Morgan fingerprint density at radius 1 is 1.41 bits per heavy atom. The summed E-state index contributed by atoms with van der Waals surface area (Å²) in [5, 5.41) is 15.5. The highest BCUT2D eigenvalue weighted by atomic mass is 79.9. The van der Waals surface area contributed by atoms with Crippen molar-refractivity contribution in [2.45, 2.75) is 11.8 Å². The minimum atomic E-state index is -3.98. The zero-order valence-corrected chi connectivity index (χ0v) is 11.2. The Balaban J connectivity index is 2.98. The van der Waals surface area contributed by atoms with Crippen molar-refractivity contribution in [2.75, 3.05) is 0 Å². The van der Waals surface area contributed by atoms with Crippen molar-refractivity contribution >= 4 is 36.9 Å². The Kier molecular flexibility index (Phi) is 2.84. The molecule has 0 bridgehead atoms. The third-order valence-electron chi connectivity index (χ3n) is 2.31. The van der Waals surface area contributed by atoms with Crippen LogP contribution >= 0.6 is 15.9 Å². The van der Waals surface area contributed by atoms with Crippen molar-refractivity contribution in [3.8, 4) is 5.75 Å². The van der Waals surface area contributed by atoms with Gasteiger partial charge in [-0.25, -0.2) is 18.5 Å². The number of fused-ring (bicyclic) bond motifs is 1. The maximum atomic E-state index is 11.3. The Hall–Kier alpha value is -1.18. The number of phenols is 1. The number of rotatable bonds is 1. The first-order valence-electron chi connectivity index (χ1n) is 4.62. The van der Waals surface area contributed by atoms with E-state index in [-0.39, 0.29) is 10.4 Å². The zero-order chi connectivity index (χ0) is 12.8. The molecule has 1 heterocycles. The summed E-state index contributed by atoms with van der Waals surface area (Å²) in [6.07, 6.45) is 0. The van der Waals surface area contributed by atoms with Crippen LogP contribution < -0.4 is 5.14 Å². The molecular weight excluding hydrogens is 308 g/mol. The lowest BCUT2D eigenvalue weighted by atomic mass is 10.2. The number of aryl methyl sites for hydroxylation is 1. The fourth-order valence-corrected chi connectivity index (χ4v) is 2.87. The maximum Gasteiger partial charge on any atom is 0.241 e. The molecule has 2 rings (SSSR count). The second-order valence-corrected chi connectivity index (χ2v) is 5.98. The number of aromatic nitrogens is 1. The van der Waals surface area contributed by atoms with E-state index in [9.17, 15) is 13.5 Å². The average Bonchev–Trinajstić information content (AvgIpc) is 2.21. The van der Waals surface area contributed by atoms with Crippen LogP contribution in [0.1, 0.15) is 5.69 Å². The first kappa shape index (κ1) is 12.3. The average molecular weight is 317 g/mol. The molecule has 0 fully saturated rings. The minimum absolute atomic E-state index is 0.211. The molecule has 0 saturated heterocycles. The van der Waals surface area contributed by atoms with Crippen LogP contribution in [0, 0.1) is 6.92 Å². The molecular formula is C10H9BrN2O3S. The van der Waals surface area contributed by atoms with Gasteiger partial charge in [0.25, 0.3) is 0 Å². The lowest BCUT2D eigenvalue weighted by molar-refractivity contribution is 0.464. The van der Waals surface area contributed by atoms with Crippen LogP contribution in [0.4, 0.5) is 0 Å². The molecule has 0 aliphatic carbocycles. The number of hydrogen-bond acceptors (Lipinski definition) is 4. The van der Waals surface area contributed by atoms with Crippen molar-refractivity contribution in [1.82, 2.24) is 4.98 Å². The molecule has 2 aromatic rings. The standard InChI is InChI=1S/C10H9BrN2O3S/c1-5-2-3-6-7(11)4-8(17(12,15)16)10(14)9(6)13-5/h2-4,14H,1H3,(H2,12,15,16). The highest BCUT2D eigenvalue weighted by molar-refractivity contribution is 9.10. The molecule has 0 aliphatic rings. The van der Waals surface area contributed by atoms with Crippen molar-refractivity contribution in [2.24, 2.45) is 5.14 Å². The van der Waals surface area contributed by atoms with Crippen molar-refractivity contribution in [3.05, 3.63) is 28.4 Å². The topological polar surface area (TPSA) is 93.3 Å². The number of nitrogens with two attached hydrogens (primary N) is 1. The van der Waals surface area contributed by atoms with E-state index in [0.717, 1.165) is 0 Å². The van der Waals surface area contributed by atoms with E-state index >= 15 is 0 Å². The normalized spacial score (nSPS) is 11.9. The van der Waals surface area contributed by atoms with E-state index in [2.05, 4.69) is 20.9 Å². The molecule has 3 N–H and O–H groups in total. The third kappa shape index (κ3) is 2.13. The zero-order valence-electron chi connectivity index (χ0n) is 8.81. The summed E-state index contributed by atoms with van der Waals surface area (Å²) in [5.41, 5.74) is 0.884. The number of aromatic hydroxyl groups is 1. The second-order valence-electron chi connectivity index (χ2n) is 3.60. The van der Waals surface area contributed by atoms with Gasteiger partial charge in [0.15, 0.2) is 5.75 Å². The summed E-state index contributed by atoms with van der Waals surface area (Å²) in [5.74, 6) is -0.422. The lowest BCUT2D eigenvalue weighted by Crippen LogP contribution is -2.12. The highest BCUT2D eigenvalue weighted by Crippen LogP contribution is 2.35. The molecule has 7 heteroatoms. The van der Waals surface area contributed by atoms with Gasteiger partial charge >= 0.3 is 0 Å². The Morgan fingerprint density at radius 3 is 2.65 bits per heavy atom. The monoisotopic (exact) mass is 316 g/mol. The molecule has 1 aromatic carbocycles. The van der Waals surface area contributed by atoms with E-state index < -0.39 is 15.8 Å². The van der Waals surface area contributed by atoms with Gasteiger partial charge in [0.1, 0.15) is 10.4 Å². The summed E-state index contributed by atoms with van der Waals surface area (Å²) >= 11 is 3.23. The van der Waals surface area contributed by atoms with Crippen LogP contribution in [-0.4, -0.2) is 18.5 Å². The van der Waals surface area contributed by atoms with E-state index in [0.29, 0.717) is 15.6 Å². The highest BCUT2D eigenvalue weighted by Gasteiger charge is 2.19. The largest absolute Gasteiger partial charge is 0.504 e. The molecule has 1 aromatic heterocycles. The fourth-order valence-electron chi connectivity index (χ4n) is 1.52. The third-order valence-corrected chi connectivity index (χ3v) is 3.89. The van der Waals surface area contributed by atoms with Crippen LogP contribution in [-0.2, 0) is 10.0 Å². The minimum Gasteiger partial charge on any atom is -0.504 e. The second kappa shape index (κ2) is 3.94. The molecule has 17 heavy (non-hydrogen) atoms. The van der Waals surface area contributed by atoms with Gasteiger partial charge in [-0.3, -0.25) is 0 Å². The Morgan fingerprint density at radius 2 is 2.06 bits per heavy atom.